The van der Waals surface area contributed by atoms with E-state index in [1.807, 2.05) is 0 Å². The Bertz CT molecular complexity index is 4380. The standard InChI is InChI=1S/C72H45BN2/c1-3-18-44(19-4-1)74-60-34-17-35-61-70(60)73(58-38-36-42(40-62(58)74)46-27-15-29-53-64(46)69-52-26-11-14-32-56(52)71(69)54-30-12-10-25-51(54)67(53)71)59-39-37-43(41-63(59)75(61)45-20-5-2-6-21-45)47-28-16-33-57-65(47)68-49-23-8-7-22-48(49)66-50-24-9-13-31-55(50)72(57,66)68/h1-41,66-69H. The van der Waals surface area contributed by atoms with Crippen molar-refractivity contribution in [1.29, 1.82) is 0 Å². The topological polar surface area (TPSA) is 6.48 Å². The van der Waals surface area contributed by atoms with Gasteiger partial charge in [-0.15, -0.1) is 0 Å². The molecule has 0 N–H and O–H groups in total. The van der Waals surface area contributed by atoms with Crippen molar-refractivity contribution < 1.29 is 0 Å². The summed E-state index contributed by atoms with van der Waals surface area (Å²) in [5.74, 6) is 1.44. The SMILES string of the molecule is c1ccc(N2c3cc(-c4cccc5c4C4c6ccccc6C46c4ccccc4C56)ccc3B3c4ccc(-c5cccc6c5C5c7ccccc7C7c8ccccc8C675)cc4N(c4ccccc4)c4cccc2c43)cc1. The van der Waals surface area contributed by atoms with Crippen LogP contribution in [0.1, 0.15) is 90.4 Å². The molecule has 0 aromatic heterocycles. The molecular formula is C72H45BN2. The zero-order valence-electron chi connectivity index (χ0n) is 41.0. The minimum atomic E-state index is 0.00811. The van der Waals surface area contributed by atoms with Crippen LogP contribution in [-0.4, -0.2) is 6.71 Å². The number of nitrogens with zero attached hydrogens (tertiary/aromatic N) is 2. The Balaban J connectivity index is 0.817. The zero-order chi connectivity index (χ0) is 48.5. The number of anilines is 6. The van der Waals surface area contributed by atoms with Crippen molar-refractivity contribution >= 4 is 57.2 Å². The molecule has 0 saturated heterocycles. The minimum Gasteiger partial charge on any atom is -0.311 e. The third-order valence-corrected chi connectivity index (χ3v) is 19.8. The maximum Gasteiger partial charge on any atom is 0.252 e. The summed E-state index contributed by atoms with van der Waals surface area (Å²) in [7, 11) is 0. The second-order valence-corrected chi connectivity index (χ2v) is 22.5. The number of para-hydroxylation sites is 2. The number of hydrogen-bond acceptors (Lipinski definition) is 2. The van der Waals surface area contributed by atoms with Crippen LogP contribution in [0, 0.1) is 0 Å². The van der Waals surface area contributed by atoms with Crippen LogP contribution < -0.4 is 26.2 Å². The molecule has 0 radical (unpaired) electrons. The molecule has 0 bridgehead atoms. The van der Waals surface area contributed by atoms with Crippen LogP contribution in [0.4, 0.5) is 34.1 Å². The largest absolute Gasteiger partial charge is 0.311 e. The predicted octanol–water partition coefficient (Wildman–Crippen LogP) is 14.9. The lowest BCUT2D eigenvalue weighted by atomic mass is 9.33. The maximum atomic E-state index is 2.56. The van der Waals surface area contributed by atoms with Gasteiger partial charge < -0.3 is 9.80 Å². The summed E-state index contributed by atoms with van der Waals surface area (Å²) < 4.78 is 0. The van der Waals surface area contributed by atoms with Gasteiger partial charge in [-0.05, 0) is 154 Å². The summed E-state index contributed by atoms with van der Waals surface area (Å²) in [6, 6.07) is 95.7. The van der Waals surface area contributed by atoms with Crippen molar-refractivity contribution in [2.45, 2.75) is 34.5 Å². The number of rotatable bonds is 4. The molecule has 6 atom stereocenters. The van der Waals surface area contributed by atoms with Crippen molar-refractivity contribution in [2.75, 3.05) is 9.80 Å². The second kappa shape index (κ2) is 13.6. The molecule has 75 heavy (non-hydrogen) atoms. The van der Waals surface area contributed by atoms with Gasteiger partial charge in [-0.3, -0.25) is 0 Å². The molecule has 0 amide bonds. The quantitative estimate of drug-likeness (QED) is 0.162. The number of hydrogen-bond donors (Lipinski definition) is 0. The van der Waals surface area contributed by atoms with E-state index in [2.05, 4.69) is 259 Å². The molecule has 19 rings (SSSR count). The summed E-state index contributed by atoms with van der Waals surface area (Å²) in [6.45, 7) is 0.00811. The third-order valence-electron chi connectivity index (χ3n) is 19.8. The summed E-state index contributed by atoms with van der Waals surface area (Å²) in [4.78, 5) is 5.12. The van der Waals surface area contributed by atoms with E-state index in [1.54, 1.807) is 0 Å². The van der Waals surface area contributed by atoms with Gasteiger partial charge in [-0.25, -0.2) is 0 Å². The van der Waals surface area contributed by atoms with Gasteiger partial charge in [0.1, 0.15) is 0 Å². The summed E-state index contributed by atoms with van der Waals surface area (Å²) in [5.41, 5.74) is 34.6. The lowest BCUT2D eigenvalue weighted by Crippen LogP contribution is -2.61. The molecule has 2 heterocycles. The third kappa shape index (κ3) is 4.38. The molecule has 11 aromatic carbocycles. The van der Waals surface area contributed by atoms with E-state index in [4.69, 9.17) is 0 Å². The Morgan fingerprint density at radius 1 is 0.293 bits per heavy atom. The van der Waals surface area contributed by atoms with Crippen LogP contribution in [0.15, 0.2) is 249 Å². The fraction of sp³-hybridized carbons (Fsp3) is 0.0833. The van der Waals surface area contributed by atoms with Crippen LogP contribution in [0.25, 0.3) is 22.3 Å². The molecule has 2 spiro atoms. The zero-order valence-corrected chi connectivity index (χ0v) is 41.0. The number of fused-ring (bicyclic) bond motifs is 18. The number of benzene rings is 11. The highest BCUT2D eigenvalue weighted by molar-refractivity contribution is 7.00. The molecule has 11 aromatic rings. The van der Waals surface area contributed by atoms with Gasteiger partial charge in [0.25, 0.3) is 6.71 Å². The van der Waals surface area contributed by atoms with Gasteiger partial charge in [0, 0.05) is 68.6 Å². The van der Waals surface area contributed by atoms with Gasteiger partial charge >= 0.3 is 0 Å². The summed E-state index contributed by atoms with van der Waals surface area (Å²) in [5, 5.41) is 0. The normalized spacial score (nSPS) is 22.7. The van der Waals surface area contributed by atoms with Gasteiger partial charge in [0.15, 0.2) is 0 Å². The Hall–Kier alpha value is -8.92. The van der Waals surface area contributed by atoms with Crippen molar-refractivity contribution in [2.24, 2.45) is 0 Å². The summed E-state index contributed by atoms with van der Waals surface area (Å²) in [6.07, 6.45) is 0. The Morgan fingerprint density at radius 2 is 0.693 bits per heavy atom. The Morgan fingerprint density at radius 3 is 1.27 bits per heavy atom. The smallest absolute Gasteiger partial charge is 0.252 e. The second-order valence-electron chi connectivity index (χ2n) is 22.5. The van der Waals surface area contributed by atoms with Gasteiger partial charge in [0.05, 0.1) is 0 Å². The monoisotopic (exact) mass is 948 g/mol. The lowest BCUT2D eigenvalue weighted by molar-refractivity contribution is 0.333. The Labute approximate surface area is 436 Å². The fourth-order valence-electron chi connectivity index (χ4n) is 17.4. The van der Waals surface area contributed by atoms with E-state index >= 15 is 0 Å². The molecule has 346 valence electrons. The van der Waals surface area contributed by atoms with Gasteiger partial charge in [0.2, 0.25) is 0 Å². The molecule has 6 unspecified atom stereocenters. The predicted molar refractivity (Wildman–Crippen MR) is 306 cm³/mol. The van der Waals surface area contributed by atoms with E-state index in [0.29, 0.717) is 23.7 Å². The van der Waals surface area contributed by atoms with E-state index < -0.39 is 0 Å². The highest BCUT2D eigenvalue weighted by atomic mass is 15.2. The van der Waals surface area contributed by atoms with Crippen LogP contribution >= 0.6 is 0 Å². The van der Waals surface area contributed by atoms with Crippen molar-refractivity contribution in [1.82, 2.24) is 0 Å². The van der Waals surface area contributed by atoms with Crippen molar-refractivity contribution in [3.8, 4) is 22.3 Å². The van der Waals surface area contributed by atoms with E-state index in [1.165, 1.54) is 140 Å². The van der Waals surface area contributed by atoms with E-state index in [-0.39, 0.29) is 17.5 Å². The average molecular weight is 949 g/mol. The molecule has 0 fully saturated rings. The van der Waals surface area contributed by atoms with Crippen LogP contribution in [-0.2, 0) is 10.8 Å². The molecular weight excluding hydrogens is 904 g/mol. The maximum absolute atomic E-state index is 2.56. The lowest BCUT2D eigenvalue weighted by Gasteiger charge is -2.59. The van der Waals surface area contributed by atoms with Gasteiger partial charge in [-0.2, -0.15) is 0 Å². The van der Waals surface area contributed by atoms with Crippen molar-refractivity contribution in [3.63, 3.8) is 0 Å². The highest BCUT2D eigenvalue weighted by Crippen LogP contribution is 2.79. The first kappa shape index (κ1) is 39.6. The molecule has 6 aliphatic carbocycles. The Kier molecular flexibility index (Phi) is 7.19. The van der Waals surface area contributed by atoms with Crippen LogP contribution in [0.3, 0.4) is 0 Å². The highest BCUT2D eigenvalue weighted by Gasteiger charge is 2.71. The molecule has 8 aliphatic rings. The first-order chi connectivity index (χ1) is 37.3. The molecule has 3 heteroatoms. The summed E-state index contributed by atoms with van der Waals surface area (Å²) >= 11 is 0. The van der Waals surface area contributed by atoms with E-state index in [9.17, 15) is 0 Å². The fourth-order valence-corrected chi connectivity index (χ4v) is 17.4. The molecule has 2 aliphatic heterocycles. The molecule has 2 nitrogen and oxygen atoms in total. The van der Waals surface area contributed by atoms with Gasteiger partial charge in [-0.1, -0.05) is 200 Å². The molecule has 0 saturated carbocycles. The minimum absolute atomic E-state index is 0.00811. The van der Waals surface area contributed by atoms with Crippen LogP contribution in [0.2, 0.25) is 0 Å². The van der Waals surface area contributed by atoms with Crippen LogP contribution in [0.5, 0.6) is 0 Å². The first-order valence-electron chi connectivity index (χ1n) is 27.0. The first-order valence-corrected chi connectivity index (χ1v) is 27.0. The van der Waals surface area contributed by atoms with E-state index in [0.717, 1.165) is 0 Å². The average Bonchev–Trinajstić information content (AvgIpc) is 3.73. The van der Waals surface area contributed by atoms with Crippen molar-refractivity contribution in [3.05, 3.63) is 315 Å².